The zero-order valence-electron chi connectivity index (χ0n) is 9.96. The molecule has 3 N–H and O–H groups in total. The Morgan fingerprint density at radius 3 is 2.60 bits per heavy atom. The Bertz CT molecular complexity index is 202. The minimum absolute atomic E-state index is 0.176. The van der Waals surface area contributed by atoms with Crippen molar-refractivity contribution in [1.29, 1.82) is 0 Å². The van der Waals surface area contributed by atoms with E-state index in [1.54, 1.807) is 0 Å². The molecule has 2 unspecified atom stereocenters. The van der Waals surface area contributed by atoms with Crippen LogP contribution < -0.4 is 11.1 Å². The van der Waals surface area contributed by atoms with E-state index in [4.69, 9.17) is 5.73 Å². The van der Waals surface area contributed by atoms with Gasteiger partial charge in [-0.05, 0) is 38.1 Å². The summed E-state index contributed by atoms with van der Waals surface area (Å²) in [5.41, 5.74) is 5.68. The van der Waals surface area contributed by atoms with Crippen molar-refractivity contribution in [3.05, 3.63) is 0 Å². The maximum absolute atomic E-state index is 12.0. The summed E-state index contributed by atoms with van der Waals surface area (Å²) < 4.78 is 0. The van der Waals surface area contributed by atoms with Crippen molar-refractivity contribution >= 4 is 5.91 Å². The molecule has 1 aliphatic carbocycles. The van der Waals surface area contributed by atoms with Crippen LogP contribution in [0.1, 0.15) is 46.0 Å². The number of hydrogen-bond acceptors (Lipinski definition) is 2. The standard InChI is InChI=1S/C12H24N2O/c1-3-10(4-2)14-12(15)11-7-5-6-9(11)8-13/h9-11H,3-8,13H2,1-2H3,(H,14,15). The lowest BCUT2D eigenvalue weighted by molar-refractivity contribution is -0.126. The third-order valence-electron chi connectivity index (χ3n) is 3.63. The molecule has 1 aliphatic rings. The molecule has 0 saturated heterocycles. The van der Waals surface area contributed by atoms with Gasteiger partial charge in [0, 0.05) is 12.0 Å². The van der Waals surface area contributed by atoms with Crippen LogP contribution in [0.15, 0.2) is 0 Å². The largest absolute Gasteiger partial charge is 0.353 e. The summed E-state index contributed by atoms with van der Waals surface area (Å²) in [5.74, 6) is 0.826. The van der Waals surface area contributed by atoms with Crippen LogP contribution >= 0.6 is 0 Å². The topological polar surface area (TPSA) is 55.1 Å². The van der Waals surface area contributed by atoms with E-state index in [0.29, 0.717) is 18.5 Å². The number of nitrogens with one attached hydrogen (secondary N) is 1. The highest BCUT2D eigenvalue weighted by Gasteiger charge is 2.32. The molecule has 3 heteroatoms. The summed E-state index contributed by atoms with van der Waals surface area (Å²) >= 11 is 0. The molecule has 0 aliphatic heterocycles. The molecule has 1 fully saturated rings. The molecule has 88 valence electrons. The minimum atomic E-state index is 0.176. The van der Waals surface area contributed by atoms with Crippen LogP contribution in [0.2, 0.25) is 0 Å². The van der Waals surface area contributed by atoms with Crippen molar-refractivity contribution in [2.45, 2.75) is 52.0 Å². The number of amides is 1. The van der Waals surface area contributed by atoms with E-state index in [1.807, 2.05) is 0 Å². The highest BCUT2D eigenvalue weighted by molar-refractivity contribution is 5.79. The molecule has 0 heterocycles. The number of hydrogen-bond donors (Lipinski definition) is 2. The smallest absolute Gasteiger partial charge is 0.223 e. The third kappa shape index (κ3) is 3.20. The van der Waals surface area contributed by atoms with Gasteiger partial charge in [0.25, 0.3) is 0 Å². The van der Waals surface area contributed by atoms with Gasteiger partial charge in [0.05, 0.1) is 0 Å². The van der Waals surface area contributed by atoms with Crippen LogP contribution in [-0.2, 0) is 4.79 Å². The van der Waals surface area contributed by atoms with E-state index < -0.39 is 0 Å². The highest BCUT2D eigenvalue weighted by atomic mass is 16.2. The fourth-order valence-electron chi connectivity index (χ4n) is 2.47. The lowest BCUT2D eigenvalue weighted by Gasteiger charge is -2.21. The van der Waals surface area contributed by atoms with Gasteiger partial charge in [-0.2, -0.15) is 0 Å². The molecule has 0 bridgehead atoms. The van der Waals surface area contributed by atoms with Crippen molar-refractivity contribution in [2.75, 3.05) is 6.54 Å². The molecule has 1 saturated carbocycles. The van der Waals surface area contributed by atoms with Crippen LogP contribution in [0.3, 0.4) is 0 Å². The lowest BCUT2D eigenvalue weighted by Crippen LogP contribution is -2.40. The average molecular weight is 212 g/mol. The SMILES string of the molecule is CCC(CC)NC(=O)C1CCCC1CN. The van der Waals surface area contributed by atoms with Crippen LogP contribution in [0.5, 0.6) is 0 Å². The van der Waals surface area contributed by atoms with Crippen molar-refractivity contribution in [1.82, 2.24) is 5.32 Å². The highest BCUT2D eigenvalue weighted by Crippen LogP contribution is 2.31. The molecule has 1 amide bonds. The average Bonchev–Trinajstić information content (AvgIpc) is 2.73. The van der Waals surface area contributed by atoms with E-state index in [9.17, 15) is 4.79 Å². The maximum Gasteiger partial charge on any atom is 0.223 e. The first-order valence-electron chi connectivity index (χ1n) is 6.23. The molecule has 0 aromatic rings. The van der Waals surface area contributed by atoms with Crippen LogP contribution in [0.4, 0.5) is 0 Å². The second kappa shape index (κ2) is 6.11. The minimum Gasteiger partial charge on any atom is -0.353 e. The summed E-state index contributed by atoms with van der Waals surface area (Å²) in [4.78, 5) is 12.0. The van der Waals surface area contributed by atoms with Gasteiger partial charge < -0.3 is 11.1 Å². The molecule has 0 spiro atoms. The fraction of sp³-hybridized carbons (Fsp3) is 0.917. The van der Waals surface area contributed by atoms with Gasteiger partial charge in [-0.3, -0.25) is 4.79 Å². The van der Waals surface area contributed by atoms with E-state index in [2.05, 4.69) is 19.2 Å². The molecule has 15 heavy (non-hydrogen) atoms. The van der Waals surface area contributed by atoms with E-state index in [0.717, 1.165) is 32.1 Å². The summed E-state index contributed by atoms with van der Waals surface area (Å²) in [6.45, 7) is 4.88. The van der Waals surface area contributed by atoms with Crippen LogP contribution in [0, 0.1) is 11.8 Å². The number of carbonyl (C=O) groups excluding carboxylic acids is 1. The van der Waals surface area contributed by atoms with E-state index >= 15 is 0 Å². The van der Waals surface area contributed by atoms with E-state index in [-0.39, 0.29) is 11.8 Å². The van der Waals surface area contributed by atoms with Gasteiger partial charge in [0.2, 0.25) is 5.91 Å². The Balaban J connectivity index is 2.45. The Morgan fingerprint density at radius 2 is 2.07 bits per heavy atom. The predicted octanol–water partition coefficient (Wildman–Crippen LogP) is 1.67. The Morgan fingerprint density at radius 1 is 1.40 bits per heavy atom. The Kier molecular flexibility index (Phi) is 5.09. The lowest BCUT2D eigenvalue weighted by atomic mass is 9.95. The van der Waals surface area contributed by atoms with Gasteiger partial charge in [-0.1, -0.05) is 20.3 Å². The normalized spacial score (nSPS) is 25.9. The van der Waals surface area contributed by atoms with Crippen molar-refractivity contribution in [3.63, 3.8) is 0 Å². The van der Waals surface area contributed by atoms with Crippen LogP contribution in [0.25, 0.3) is 0 Å². The molecular formula is C12H24N2O. The molecule has 3 nitrogen and oxygen atoms in total. The number of rotatable bonds is 5. The second-order valence-corrected chi connectivity index (χ2v) is 4.56. The first-order valence-corrected chi connectivity index (χ1v) is 6.23. The van der Waals surface area contributed by atoms with Crippen molar-refractivity contribution in [3.8, 4) is 0 Å². The zero-order chi connectivity index (χ0) is 11.3. The van der Waals surface area contributed by atoms with Gasteiger partial charge in [0.15, 0.2) is 0 Å². The summed E-state index contributed by atoms with van der Waals surface area (Å²) in [7, 11) is 0. The van der Waals surface area contributed by atoms with E-state index in [1.165, 1.54) is 0 Å². The first-order chi connectivity index (χ1) is 7.22. The van der Waals surface area contributed by atoms with Crippen LogP contribution in [-0.4, -0.2) is 18.5 Å². The maximum atomic E-state index is 12.0. The predicted molar refractivity (Wildman–Crippen MR) is 62.4 cm³/mol. The Hall–Kier alpha value is -0.570. The van der Waals surface area contributed by atoms with Gasteiger partial charge in [-0.25, -0.2) is 0 Å². The number of nitrogens with two attached hydrogens (primary N) is 1. The summed E-state index contributed by atoms with van der Waals surface area (Å²) in [5, 5.41) is 3.13. The van der Waals surface area contributed by atoms with Gasteiger partial charge in [0.1, 0.15) is 0 Å². The molecule has 1 rings (SSSR count). The third-order valence-corrected chi connectivity index (χ3v) is 3.63. The van der Waals surface area contributed by atoms with Crippen molar-refractivity contribution < 1.29 is 4.79 Å². The zero-order valence-corrected chi connectivity index (χ0v) is 9.96. The monoisotopic (exact) mass is 212 g/mol. The molecular weight excluding hydrogens is 188 g/mol. The molecule has 2 atom stereocenters. The Labute approximate surface area is 92.8 Å². The summed E-state index contributed by atoms with van der Waals surface area (Å²) in [6.07, 6.45) is 5.33. The quantitative estimate of drug-likeness (QED) is 0.728. The molecule has 0 radical (unpaired) electrons. The van der Waals surface area contributed by atoms with Gasteiger partial charge >= 0.3 is 0 Å². The van der Waals surface area contributed by atoms with Gasteiger partial charge in [-0.15, -0.1) is 0 Å². The second-order valence-electron chi connectivity index (χ2n) is 4.56. The molecule has 0 aromatic heterocycles. The van der Waals surface area contributed by atoms with Crippen molar-refractivity contribution in [2.24, 2.45) is 17.6 Å². The first kappa shape index (κ1) is 12.5. The summed E-state index contributed by atoms with van der Waals surface area (Å²) in [6, 6.07) is 0.344. The molecule has 0 aromatic carbocycles. The fourth-order valence-corrected chi connectivity index (χ4v) is 2.47. The number of carbonyl (C=O) groups is 1.